The van der Waals surface area contributed by atoms with Gasteiger partial charge in [0.15, 0.2) is 0 Å². The van der Waals surface area contributed by atoms with Crippen LogP contribution in [-0.2, 0) is 0 Å². The summed E-state index contributed by atoms with van der Waals surface area (Å²) in [6, 6.07) is 12.1. The summed E-state index contributed by atoms with van der Waals surface area (Å²) < 4.78 is 11.5. The third-order valence-corrected chi connectivity index (χ3v) is 4.64. The molecule has 130 valence electrons. The van der Waals surface area contributed by atoms with Crippen LogP contribution in [-0.4, -0.2) is 4.89 Å². The van der Waals surface area contributed by atoms with E-state index in [1.807, 2.05) is 38.1 Å². The summed E-state index contributed by atoms with van der Waals surface area (Å²) >= 11 is 0. The van der Waals surface area contributed by atoms with E-state index in [2.05, 4.69) is 39.8 Å². The molecule has 3 nitrogen and oxygen atoms in total. The lowest BCUT2D eigenvalue weighted by Crippen LogP contribution is -2.01. The zero-order chi connectivity index (χ0) is 17.9. The second-order valence-corrected chi connectivity index (χ2v) is 7.65. The lowest BCUT2D eigenvalue weighted by atomic mass is 10.0. The van der Waals surface area contributed by atoms with Gasteiger partial charge in [0.25, 0.3) is 0 Å². The predicted molar refractivity (Wildman–Crippen MR) is 101 cm³/mol. The molecule has 4 heteroatoms. The average Bonchev–Trinajstić information content (AvgIpc) is 2.46. The van der Waals surface area contributed by atoms with Crippen molar-refractivity contribution in [2.24, 2.45) is 0 Å². The van der Waals surface area contributed by atoms with E-state index in [1.165, 1.54) is 0 Å². The maximum absolute atomic E-state index is 10.4. The quantitative estimate of drug-likeness (QED) is 0.630. The molecule has 0 amide bonds. The molecule has 0 radical (unpaired) electrons. The first kappa shape index (κ1) is 18.8. The van der Waals surface area contributed by atoms with Crippen LogP contribution in [0.25, 0.3) is 0 Å². The van der Waals surface area contributed by atoms with Crippen molar-refractivity contribution in [2.75, 3.05) is 0 Å². The first-order valence-corrected chi connectivity index (χ1v) is 9.47. The molecule has 0 spiro atoms. The fraction of sp³-hybridized carbons (Fsp3) is 0.400. The molecule has 2 rings (SSSR count). The Kier molecular flexibility index (Phi) is 6.26. The van der Waals surface area contributed by atoms with Crippen molar-refractivity contribution >= 4 is 8.60 Å². The smallest absolute Gasteiger partial charge is 0.418 e. The normalized spacial score (nSPS) is 11.4. The van der Waals surface area contributed by atoms with Gasteiger partial charge in [-0.15, -0.1) is 0 Å². The van der Waals surface area contributed by atoms with Gasteiger partial charge < -0.3 is 13.9 Å². The molecule has 0 aliphatic carbocycles. The van der Waals surface area contributed by atoms with Crippen molar-refractivity contribution < 1.29 is 13.9 Å². The SMILES string of the molecule is Cc1ccc(C(C)C)c(OP(O)Oc2cc(C)ccc2C(C)C)c1. The lowest BCUT2D eigenvalue weighted by Gasteiger charge is -2.19. The summed E-state index contributed by atoms with van der Waals surface area (Å²) in [5.41, 5.74) is 4.32. The van der Waals surface area contributed by atoms with Gasteiger partial charge in [-0.1, -0.05) is 52.0 Å². The maximum atomic E-state index is 10.4. The van der Waals surface area contributed by atoms with Crippen LogP contribution >= 0.6 is 8.60 Å². The largest absolute Gasteiger partial charge is 0.460 e. The zero-order valence-electron chi connectivity index (χ0n) is 15.3. The molecule has 1 N–H and O–H groups in total. The van der Waals surface area contributed by atoms with Crippen molar-refractivity contribution in [3.8, 4) is 11.5 Å². The fourth-order valence-corrected chi connectivity index (χ4v) is 3.27. The zero-order valence-corrected chi connectivity index (χ0v) is 16.2. The molecule has 0 aliphatic rings. The van der Waals surface area contributed by atoms with Crippen LogP contribution in [0, 0.1) is 13.8 Å². The van der Waals surface area contributed by atoms with Crippen LogP contribution in [0.4, 0.5) is 0 Å². The van der Waals surface area contributed by atoms with Crippen molar-refractivity contribution in [3.63, 3.8) is 0 Å². The second-order valence-electron chi connectivity index (χ2n) is 6.81. The van der Waals surface area contributed by atoms with E-state index in [0.29, 0.717) is 23.3 Å². The monoisotopic (exact) mass is 346 g/mol. The molecule has 2 aromatic carbocycles. The van der Waals surface area contributed by atoms with Gasteiger partial charge in [0, 0.05) is 0 Å². The van der Waals surface area contributed by atoms with Crippen LogP contribution < -0.4 is 9.05 Å². The Hall–Kier alpha value is -1.57. The summed E-state index contributed by atoms with van der Waals surface area (Å²) in [6.45, 7) is 12.4. The maximum Gasteiger partial charge on any atom is 0.460 e. The van der Waals surface area contributed by atoms with E-state index in [0.717, 1.165) is 22.3 Å². The third-order valence-electron chi connectivity index (χ3n) is 3.94. The second kappa shape index (κ2) is 8.00. The number of hydrogen-bond acceptors (Lipinski definition) is 3. The van der Waals surface area contributed by atoms with Gasteiger partial charge in [0.1, 0.15) is 11.5 Å². The Balaban J connectivity index is 2.22. The van der Waals surface area contributed by atoms with Crippen LogP contribution in [0.5, 0.6) is 11.5 Å². The van der Waals surface area contributed by atoms with Gasteiger partial charge in [-0.05, 0) is 60.1 Å². The van der Waals surface area contributed by atoms with E-state index in [-0.39, 0.29) is 0 Å². The Bertz CT molecular complexity index is 636. The number of hydrogen-bond donors (Lipinski definition) is 1. The van der Waals surface area contributed by atoms with Gasteiger partial charge in [-0.3, -0.25) is 0 Å². The standard InChI is InChI=1S/C20H27O3P/c1-13(2)17-9-7-15(5)11-19(17)22-24(21)23-20-12-16(6)8-10-18(20)14(3)4/h7-14,21H,1-6H3. The Labute approximate surface area is 146 Å². The molecule has 0 heterocycles. The fourth-order valence-electron chi connectivity index (χ4n) is 2.58. The van der Waals surface area contributed by atoms with Crippen molar-refractivity contribution in [1.29, 1.82) is 0 Å². The summed E-state index contributed by atoms with van der Waals surface area (Å²) in [5.74, 6) is 2.01. The summed E-state index contributed by atoms with van der Waals surface area (Å²) in [5, 5.41) is 0. The molecule has 0 atom stereocenters. The lowest BCUT2D eigenvalue weighted by molar-refractivity contribution is 0.377. The van der Waals surface area contributed by atoms with Gasteiger partial charge in [-0.25, -0.2) is 0 Å². The van der Waals surface area contributed by atoms with Crippen molar-refractivity contribution in [1.82, 2.24) is 0 Å². The molecule has 0 unspecified atom stereocenters. The molecule has 0 saturated heterocycles. The minimum absolute atomic E-state index is 0.314. The molecule has 0 fully saturated rings. The Morgan fingerprint density at radius 3 is 1.46 bits per heavy atom. The van der Waals surface area contributed by atoms with Crippen molar-refractivity contribution in [2.45, 2.75) is 53.4 Å². The van der Waals surface area contributed by atoms with Crippen LogP contribution in [0.1, 0.15) is 61.8 Å². The summed E-state index contributed by atoms with van der Waals surface area (Å²) in [4.78, 5) is 10.4. The van der Waals surface area contributed by atoms with Gasteiger partial charge in [0.05, 0.1) is 0 Å². The minimum atomic E-state index is -2.04. The Morgan fingerprint density at radius 2 is 1.12 bits per heavy atom. The summed E-state index contributed by atoms with van der Waals surface area (Å²) in [7, 11) is -2.04. The van der Waals surface area contributed by atoms with Gasteiger partial charge >= 0.3 is 8.60 Å². The molecule has 0 saturated carbocycles. The first-order chi connectivity index (χ1) is 11.3. The topological polar surface area (TPSA) is 38.7 Å². The predicted octanol–water partition coefficient (Wildman–Crippen LogP) is 6.23. The Morgan fingerprint density at radius 1 is 0.750 bits per heavy atom. The number of benzene rings is 2. The van der Waals surface area contributed by atoms with E-state index in [9.17, 15) is 4.89 Å². The van der Waals surface area contributed by atoms with E-state index in [1.54, 1.807) is 0 Å². The summed E-state index contributed by atoms with van der Waals surface area (Å²) in [6.07, 6.45) is 0. The van der Waals surface area contributed by atoms with E-state index in [4.69, 9.17) is 9.05 Å². The van der Waals surface area contributed by atoms with E-state index >= 15 is 0 Å². The highest BCUT2D eigenvalue weighted by atomic mass is 31.2. The molecule has 2 aromatic rings. The van der Waals surface area contributed by atoms with Crippen LogP contribution in [0.3, 0.4) is 0 Å². The van der Waals surface area contributed by atoms with Gasteiger partial charge in [0.2, 0.25) is 0 Å². The van der Waals surface area contributed by atoms with E-state index < -0.39 is 8.60 Å². The number of aryl methyl sites for hydroxylation is 2. The van der Waals surface area contributed by atoms with Crippen LogP contribution in [0.15, 0.2) is 36.4 Å². The highest BCUT2D eigenvalue weighted by Crippen LogP contribution is 2.42. The van der Waals surface area contributed by atoms with Gasteiger partial charge in [-0.2, -0.15) is 0 Å². The van der Waals surface area contributed by atoms with Crippen LogP contribution in [0.2, 0.25) is 0 Å². The molecule has 0 aliphatic heterocycles. The highest BCUT2D eigenvalue weighted by molar-refractivity contribution is 7.41. The molecule has 0 aromatic heterocycles. The highest BCUT2D eigenvalue weighted by Gasteiger charge is 2.18. The molecule has 0 bridgehead atoms. The molecular weight excluding hydrogens is 319 g/mol. The first-order valence-electron chi connectivity index (χ1n) is 8.34. The third kappa shape index (κ3) is 4.72. The van der Waals surface area contributed by atoms with Crippen molar-refractivity contribution in [3.05, 3.63) is 58.7 Å². The average molecular weight is 346 g/mol. The molecular formula is C20H27O3P. The molecule has 24 heavy (non-hydrogen) atoms. The minimum Gasteiger partial charge on any atom is -0.418 e. The number of rotatable bonds is 6.